The molecule has 0 saturated heterocycles. The minimum Gasteiger partial charge on any atom is -0.306 e. The van der Waals surface area contributed by atoms with Gasteiger partial charge in [0.05, 0.1) is 0 Å². The molecule has 88 valence electrons. The lowest BCUT2D eigenvalue weighted by Gasteiger charge is -2.13. The Morgan fingerprint density at radius 2 is 2.18 bits per heavy atom. The monoisotopic (exact) mass is 290 g/mol. The number of nitrogens with zero attached hydrogens (tertiary/aromatic N) is 1. The lowest BCUT2D eigenvalue weighted by Crippen LogP contribution is -2.18. The normalized spacial score (nSPS) is 12.4. The van der Waals surface area contributed by atoms with Crippen molar-refractivity contribution >= 4 is 15.9 Å². The highest BCUT2D eigenvalue weighted by atomic mass is 79.9. The summed E-state index contributed by atoms with van der Waals surface area (Å²) in [5.41, 5.74) is 2.48. The van der Waals surface area contributed by atoms with Crippen LogP contribution in [0.2, 0.25) is 0 Å². The topological polar surface area (TPSA) is 24.9 Å². The van der Waals surface area contributed by atoms with Crippen molar-refractivity contribution in [1.29, 1.82) is 0 Å². The molecule has 0 radical (unpaired) electrons. The van der Waals surface area contributed by atoms with Gasteiger partial charge in [-0.25, -0.2) is 0 Å². The Balaban J connectivity index is 1.95. The van der Waals surface area contributed by atoms with Crippen molar-refractivity contribution in [3.05, 3.63) is 64.4 Å². The summed E-state index contributed by atoms with van der Waals surface area (Å²) < 4.78 is 1.12. The van der Waals surface area contributed by atoms with E-state index >= 15 is 0 Å². The molecule has 2 aromatic rings. The summed E-state index contributed by atoms with van der Waals surface area (Å²) in [6.07, 6.45) is 3.70. The number of hydrogen-bond donors (Lipinski definition) is 1. The van der Waals surface area contributed by atoms with Crippen LogP contribution in [0.15, 0.2) is 53.3 Å². The highest BCUT2D eigenvalue weighted by molar-refractivity contribution is 9.10. The highest BCUT2D eigenvalue weighted by Gasteiger charge is 2.04. The fourth-order valence-electron chi connectivity index (χ4n) is 1.67. The number of benzene rings is 1. The van der Waals surface area contributed by atoms with Crippen LogP contribution in [0.1, 0.15) is 24.1 Å². The van der Waals surface area contributed by atoms with Gasteiger partial charge in [0.1, 0.15) is 0 Å². The van der Waals surface area contributed by atoms with Crippen LogP contribution < -0.4 is 5.32 Å². The molecule has 0 unspecified atom stereocenters. The summed E-state index contributed by atoms with van der Waals surface area (Å²) in [5.74, 6) is 0. The quantitative estimate of drug-likeness (QED) is 0.929. The third-order valence-corrected chi connectivity index (χ3v) is 3.18. The van der Waals surface area contributed by atoms with Crippen molar-refractivity contribution in [1.82, 2.24) is 10.3 Å². The molecule has 1 aromatic carbocycles. The molecule has 2 nitrogen and oxygen atoms in total. The summed E-state index contributed by atoms with van der Waals surface area (Å²) in [6.45, 7) is 3.00. The Morgan fingerprint density at radius 1 is 1.29 bits per heavy atom. The predicted octanol–water partition coefficient (Wildman–Crippen LogP) is 3.69. The Bertz CT molecular complexity index is 471. The van der Waals surface area contributed by atoms with Gasteiger partial charge < -0.3 is 5.32 Å². The van der Waals surface area contributed by atoms with Gasteiger partial charge >= 0.3 is 0 Å². The van der Waals surface area contributed by atoms with Crippen LogP contribution in [0.25, 0.3) is 0 Å². The van der Waals surface area contributed by atoms with Gasteiger partial charge in [-0.2, -0.15) is 0 Å². The van der Waals surface area contributed by atoms with Crippen LogP contribution in [0.3, 0.4) is 0 Å². The summed E-state index contributed by atoms with van der Waals surface area (Å²) in [7, 11) is 0. The molecule has 1 heterocycles. The van der Waals surface area contributed by atoms with Crippen LogP contribution in [-0.2, 0) is 6.54 Å². The Morgan fingerprint density at radius 3 is 2.88 bits per heavy atom. The van der Waals surface area contributed by atoms with Gasteiger partial charge in [-0.1, -0.05) is 34.1 Å². The third kappa shape index (κ3) is 3.65. The van der Waals surface area contributed by atoms with Crippen LogP contribution in [0.5, 0.6) is 0 Å². The van der Waals surface area contributed by atoms with Crippen molar-refractivity contribution in [2.45, 2.75) is 19.5 Å². The molecule has 0 fully saturated rings. The predicted molar refractivity (Wildman–Crippen MR) is 73.6 cm³/mol. The molecule has 1 atom stereocenters. The fourth-order valence-corrected chi connectivity index (χ4v) is 2.11. The first kappa shape index (κ1) is 12.3. The molecule has 2 rings (SSSR count). The number of aromatic nitrogens is 1. The van der Waals surface area contributed by atoms with Gasteiger partial charge in [0.2, 0.25) is 0 Å². The summed E-state index contributed by atoms with van der Waals surface area (Å²) in [4.78, 5) is 4.13. The van der Waals surface area contributed by atoms with Gasteiger partial charge in [-0.15, -0.1) is 0 Å². The molecule has 0 spiro atoms. The summed E-state index contributed by atoms with van der Waals surface area (Å²) >= 11 is 3.48. The molecule has 0 bridgehead atoms. The Hall–Kier alpha value is -1.19. The average Bonchev–Trinajstić information content (AvgIpc) is 2.37. The molecule has 0 amide bonds. The summed E-state index contributed by atoms with van der Waals surface area (Å²) in [6, 6.07) is 12.7. The SMILES string of the molecule is C[C@H](NCc1cccc(Br)c1)c1cccnc1. The van der Waals surface area contributed by atoms with Gasteiger partial charge in [0, 0.05) is 29.5 Å². The van der Waals surface area contributed by atoms with E-state index in [1.165, 1.54) is 11.1 Å². The standard InChI is InChI=1S/C14H15BrN2/c1-11(13-5-3-7-16-10-13)17-9-12-4-2-6-14(15)8-12/h2-8,10-11,17H,9H2,1H3/t11-/m0/s1. The highest BCUT2D eigenvalue weighted by Crippen LogP contribution is 2.14. The van der Waals surface area contributed by atoms with Crippen molar-refractivity contribution < 1.29 is 0 Å². The lowest BCUT2D eigenvalue weighted by atomic mass is 10.1. The number of rotatable bonds is 4. The van der Waals surface area contributed by atoms with Gasteiger partial charge in [0.25, 0.3) is 0 Å². The average molecular weight is 291 g/mol. The van der Waals surface area contributed by atoms with Gasteiger partial charge in [-0.3, -0.25) is 4.98 Å². The number of hydrogen-bond acceptors (Lipinski definition) is 2. The maximum absolute atomic E-state index is 4.13. The number of nitrogens with one attached hydrogen (secondary N) is 1. The molecule has 1 aromatic heterocycles. The van der Waals surface area contributed by atoms with Gasteiger partial charge in [-0.05, 0) is 36.2 Å². The first-order chi connectivity index (χ1) is 8.25. The van der Waals surface area contributed by atoms with E-state index < -0.39 is 0 Å². The van der Waals surface area contributed by atoms with E-state index in [2.05, 4.69) is 57.4 Å². The second-order valence-corrected chi connectivity index (χ2v) is 4.93. The van der Waals surface area contributed by atoms with Crippen molar-refractivity contribution in [3.63, 3.8) is 0 Å². The minimum absolute atomic E-state index is 0.308. The smallest absolute Gasteiger partial charge is 0.0315 e. The van der Waals surface area contributed by atoms with E-state index in [0.29, 0.717) is 6.04 Å². The van der Waals surface area contributed by atoms with Crippen molar-refractivity contribution in [3.8, 4) is 0 Å². The first-order valence-corrected chi connectivity index (χ1v) is 6.43. The van der Waals surface area contributed by atoms with Gasteiger partial charge in [0.15, 0.2) is 0 Å². The van der Waals surface area contributed by atoms with Crippen LogP contribution >= 0.6 is 15.9 Å². The van der Waals surface area contributed by atoms with Crippen LogP contribution in [-0.4, -0.2) is 4.98 Å². The second kappa shape index (κ2) is 5.94. The molecule has 1 N–H and O–H groups in total. The zero-order valence-electron chi connectivity index (χ0n) is 9.73. The first-order valence-electron chi connectivity index (χ1n) is 5.63. The lowest BCUT2D eigenvalue weighted by molar-refractivity contribution is 0.573. The Labute approximate surface area is 110 Å². The zero-order valence-corrected chi connectivity index (χ0v) is 11.3. The third-order valence-electron chi connectivity index (χ3n) is 2.69. The minimum atomic E-state index is 0.308. The van der Waals surface area contributed by atoms with E-state index in [9.17, 15) is 0 Å². The van der Waals surface area contributed by atoms with E-state index in [1.54, 1.807) is 6.20 Å². The number of pyridine rings is 1. The zero-order chi connectivity index (χ0) is 12.1. The fraction of sp³-hybridized carbons (Fsp3) is 0.214. The van der Waals surface area contributed by atoms with E-state index in [4.69, 9.17) is 0 Å². The second-order valence-electron chi connectivity index (χ2n) is 4.02. The van der Waals surface area contributed by atoms with E-state index in [0.717, 1.165) is 11.0 Å². The molecule has 17 heavy (non-hydrogen) atoms. The maximum atomic E-state index is 4.13. The number of halogens is 1. The van der Waals surface area contributed by atoms with Crippen molar-refractivity contribution in [2.24, 2.45) is 0 Å². The molecule has 0 saturated carbocycles. The Kier molecular flexibility index (Phi) is 4.29. The molecule has 3 heteroatoms. The summed E-state index contributed by atoms with van der Waals surface area (Å²) in [5, 5.41) is 3.48. The maximum Gasteiger partial charge on any atom is 0.0315 e. The molecular formula is C14H15BrN2. The van der Waals surface area contributed by atoms with Crippen LogP contribution in [0, 0.1) is 0 Å². The molecule has 0 aliphatic heterocycles. The van der Waals surface area contributed by atoms with Crippen molar-refractivity contribution in [2.75, 3.05) is 0 Å². The largest absolute Gasteiger partial charge is 0.306 e. The molecule has 0 aliphatic rings. The van der Waals surface area contributed by atoms with E-state index in [1.807, 2.05) is 18.3 Å². The van der Waals surface area contributed by atoms with Crippen LogP contribution in [0.4, 0.5) is 0 Å². The van der Waals surface area contributed by atoms with E-state index in [-0.39, 0.29) is 0 Å². The molecular weight excluding hydrogens is 276 g/mol. The molecule has 0 aliphatic carbocycles.